The Morgan fingerprint density at radius 2 is 1.59 bits per heavy atom. The highest BCUT2D eigenvalue weighted by Crippen LogP contribution is 2.29. The van der Waals surface area contributed by atoms with E-state index in [9.17, 15) is 13.5 Å². The molecule has 0 radical (unpaired) electrons. The minimum atomic E-state index is -4.24. The van der Waals surface area contributed by atoms with Gasteiger partial charge in [-0.15, -0.1) is 0 Å². The Bertz CT molecular complexity index is 951. The summed E-state index contributed by atoms with van der Waals surface area (Å²) in [4.78, 5) is -0.180. The highest BCUT2D eigenvalue weighted by molar-refractivity contribution is 7.85. The summed E-state index contributed by atoms with van der Waals surface area (Å²) in [5.74, 6) is 0.174. The largest absolute Gasteiger partial charge is 0.507 e. The van der Waals surface area contributed by atoms with Crippen molar-refractivity contribution in [2.45, 2.75) is 4.90 Å². The molecule has 0 aliphatic rings. The van der Waals surface area contributed by atoms with Crippen LogP contribution >= 0.6 is 0 Å². The molecule has 6 heteroatoms. The Hall–Kier alpha value is -2.57. The standard InChI is InChI=1S/C16H13NO4S/c18-16-6-1-3-11-7-8-13(10-15(11)16)17-12-4-2-5-14(9-12)22(19,20)21/h1-10,17-18H,(H,19,20,21). The number of fused-ring (bicyclic) bond motifs is 1. The van der Waals surface area contributed by atoms with Crippen molar-refractivity contribution < 1.29 is 18.1 Å². The van der Waals surface area contributed by atoms with E-state index < -0.39 is 10.1 Å². The van der Waals surface area contributed by atoms with E-state index in [1.165, 1.54) is 18.2 Å². The van der Waals surface area contributed by atoms with Crippen LogP contribution in [0.4, 0.5) is 11.4 Å². The molecular weight excluding hydrogens is 302 g/mol. The van der Waals surface area contributed by atoms with Gasteiger partial charge in [0, 0.05) is 16.8 Å². The van der Waals surface area contributed by atoms with Gasteiger partial charge in [-0.05, 0) is 41.8 Å². The van der Waals surface area contributed by atoms with Crippen LogP contribution < -0.4 is 5.32 Å². The molecule has 3 aromatic carbocycles. The summed E-state index contributed by atoms with van der Waals surface area (Å²) in [6.45, 7) is 0. The first-order valence-corrected chi connectivity index (χ1v) is 7.94. The van der Waals surface area contributed by atoms with Crippen LogP contribution in [0.15, 0.2) is 65.6 Å². The van der Waals surface area contributed by atoms with E-state index in [4.69, 9.17) is 4.55 Å². The fraction of sp³-hybridized carbons (Fsp3) is 0. The van der Waals surface area contributed by atoms with Crippen LogP contribution in [0.1, 0.15) is 0 Å². The SMILES string of the molecule is O=S(=O)(O)c1cccc(Nc2ccc3cccc(O)c3c2)c1. The van der Waals surface area contributed by atoms with Gasteiger partial charge >= 0.3 is 0 Å². The number of hydrogen-bond acceptors (Lipinski definition) is 4. The molecule has 0 bridgehead atoms. The van der Waals surface area contributed by atoms with E-state index in [1.54, 1.807) is 24.3 Å². The Kier molecular flexibility index (Phi) is 3.48. The third-order valence-electron chi connectivity index (χ3n) is 3.28. The number of hydrogen-bond donors (Lipinski definition) is 3. The zero-order chi connectivity index (χ0) is 15.7. The van der Waals surface area contributed by atoms with Gasteiger partial charge in [-0.1, -0.05) is 24.3 Å². The summed E-state index contributed by atoms with van der Waals surface area (Å²) in [5.41, 5.74) is 1.21. The van der Waals surface area contributed by atoms with Gasteiger partial charge in [0.05, 0.1) is 4.90 Å². The molecule has 5 nitrogen and oxygen atoms in total. The maximum Gasteiger partial charge on any atom is 0.294 e. The van der Waals surface area contributed by atoms with Crippen LogP contribution in [0.3, 0.4) is 0 Å². The smallest absolute Gasteiger partial charge is 0.294 e. The first kappa shape index (κ1) is 14.4. The minimum Gasteiger partial charge on any atom is -0.507 e. The van der Waals surface area contributed by atoms with Crippen LogP contribution in [-0.4, -0.2) is 18.1 Å². The predicted molar refractivity (Wildman–Crippen MR) is 85.2 cm³/mol. The van der Waals surface area contributed by atoms with E-state index in [-0.39, 0.29) is 10.6 Å². The molecule has 22 heavy (non-hydrogen) atoms. The van der Waals surface area contributed by atoms with Crippen molar-refractivity contribution in [1.82, 2.24) is 0 Å². The number of aromatic hydroxyl groups is 1. The topological polar surface area (TPSA) is 86.6 Å². The summed E-state index contributed by atoms with van der Waals surface area (Å²) in [7, 11) is -4.24. The van der Waals surface area contributed by atoms with Gasteiger partial charge in [0.1, 0.15) is 5.75 Å². The maximum absolute atomic E-state index is 11.2. The van der Waals surface area contributed by atoms with Crippen molar-refractivity contribution in [2.24, 2.45) is 0 Å². The number of phenols is 1. The Labute approximate surface area is 127 Å². The van der Waals surface area contributed by atoms with E-state index in [1.807, 2.05) is 18.2 Å². The third-order valence-corrected chi connectivity index (χ3v) is 4.13. The third kappa shape index (κ3) is 2.88. The second kappa shape index (κ2) is 5.32. The molecule has 0 saturated carbocycles. The van der Waals surface area contributed by atoms with Crippen LogP contribution in [0.5, 0.6) is 5.75 Å². The zero-order valence-corrected chi connectivity index (χ0v) is 12.2. The second-order valence-electron chi connectivity index (χ2n) is 4.84. The van der Waals surface area contributed by atoms with Crippen molar-refractivity contribution in [3.05, 3.63) is 60.7 Å². The molecular formula is C16H13NO4S. The highest BCUT2D eigenvalue weighted by Gasteiger charge is 2.09. The van der Waals surface area contributed by atoms with Crippen LogP contribution in [0, 0.1) is 0 Å². The summed E-state index contributed by atoms with van der Waals surface area (Å²) in [5, 5.41) is 14.5. The van der Waals surface area contributed by atoms with Gasteiger partial charge in [-0.25, -0.2) is 0 Å². The zero-order valence-electron chi connectivity index (χ0n) is 11.4. The number of nitrogens with one attached hydrogen (secondary N) is 1. The first-order chi connectivity index (χ1) is 10.4. The predicted octanol–water partition coefficient (Wildman–Crippen LogP) is 3.54. The van der Waals surface area contributed by atoms with E-state index in [0.29, 0.717) is 16.8 Å². The molecule has 0 atom stereocenters. The van der Waals surface area contributed by atoms with Crippen molar-refractivity contribution >= 4 is 32.3 Å². The Morgan fingerprint density at radius 1 is 0.864 bits per heavy atom. The van der Waals surface area contributed by atoms with Crippen molar-refractivity contribution in [3.63, 3.8) is 0 Å². The van der Waals surface area contributed by atoms with Gasteiger partial charge in [0.2, 0.25) is 0 Å². The monoisotopic (exact) mass is 315 g/mol. The molecule has 0 fully saturated rings. The Balaban J connectivity index is 1.98. The summed E-state index contributed by atoms with van der Waals surface area (Å²) in [6, 6.07) is 16.6. The van der Waals surface area contributed by atoms with Gasteiger partial charge in [-0.3, -0.25) is 4.55 Å². The molecule has 0 aromatic heterocycles. The normalized spacial score (nSPS) is 11.5. The van der Waals surface area contributed by atoms with Gasteiger partial charge in [0.25, 0.3) is 10.1 Å². The van der Waals surface area contributed by atoms with Gasteiger partial charge < -0.3 is 10.4 Å². The number of benzene rings is 3. The molecule has 0 saturated heterocycles. The summed E-state index contributed by atoms with van der Waals surface area (Å²) >= 11 is 0. The minimum absolute atomic E-state index is 0.174. The second-order valence-corrected chi connectivity index (χ2v) is 6.26. The van der Waals surface area contributed by atoms with Crippen molar-refractivity contribution in [3.8, 4) is 5.75 Å². The lowest BCUT2D eigenvalue weighted by Gasteiger charge is -2.09. The average Bonchev–Trinajstić information content (AvgIpc) is 2.48. The molecule has 0 aliphatic carbocycles. The molecule has 3 N–H and O–H groups in total. The molecule has 0 amide bonds. The maximum atomic E-state index is 11.2. The fourth-order valence-electron chi connectivity index (χ4n) is 2.23. The lowest BCUT2D eigenvalue weighted by Crippen LogP contribution is -1.99. The van der Waals surface area contributed by atoms with Crippen LogP contribution in [0.25, 0.3) is 10.8 Å². The van der Waals surface area contributed by atoms with Crippen molar-refractivity contribution in [2.75, 3.05) is 5.32 Å². The van der Waals surface area contributed by atoms with Gasteiger partial charge in [-0.2, -0.15) is 8.42 Å². The molecule has 3 rings (SSSR count). The molecule has 0 heterocycles. The summed E-state index contributed by atoms with van der Waals surface area (Å²) in [6.07, 6.45) is 0. The first-order valence-electron chi connectivity index (χ1n) is 6.50. The highest BCUT2D eigenvalue weighted by atomic mass is 32.2. The number of rotatable bonds is 3. The Morgan fingerprint density at radius 3 is 2.36 bits per heavy atom. The molecule has 0 aliphatic heterocycles. The quantitative estimate of drug-likeness (QED) is 0.644. The van der Waals surface area contributed by atoms with E-state index in [2.05, 4.69) is 5.32 Å². The summed E-state index contributed by atoms with van der Waals surface area (Å²) < 4.78 is 31.4. The van der Waals surface area contributed by atoms with Crippen molar-refractivity contribution in [1.29, 1.82) is 0 Å². The van der Waals surface area contributed by atoms with Crippen LogP contribution in [0.2, 0.25) is 0 Å². The van der Waals surface area contributed by atoms with E-state index >= 15 is 0 Å². The molecule has 0 unspecified atom stereocenters. The lowest BCUT2D eigenvalue weighted by atomic mass is 10.1. The lowest BCUT2D eigenvalue weighted by molar-refractivity contribution is 0.481. The van der Waals surface area contributed by atoms with Crippen LogP contribution in [-0.2, 0) is 10.1 Å². The van der Waals surface area contributed by atoms with Gasteiger partial charge in [0.15, 0.2) is 0 Å². The molecule has 0 spiro atoms. The molecule has 3 aromatic rings. The average molecular weight is 315 g/mol. The molecule has 112 valence electrons. The fourth-order valence-corrected chi connectivity index (χ4v) is 2.76. The number of phenolic OH excluding ortho intramolecular Hbond substituents is 1. The van der Waals surface area contributed by atoms with E-state index in [0.717, 1.165) is 5.39 Å². The number of anilines is 2.